The Morgan fingerprint density at radius 1 is 1.19 bits per heavy atom. The second-order valence-electron chi connectivity index (χ2n) is 5.52. The van der Waals surface area contributed by atoms with E-state index in [0.29, 0.717) is 17.0 Å². The van der Waals surface area contributed by atoms with Crippen LogP contribution in [-0.2, 0) is 21.4 Å². The van der Waals surface area contributed by atoms with Crippen molar-refractivity contribution in [2.45, 2.75) is 6.54 Å². The lowest BCUT2D eigenvalue weighted by Gasteiger charge is -2.22. The number of hydrogen-bond donors (Lipinski definition) is 1. The lowest BCUT2D eigenvalue weighted by Crippen LogP contribution is -2.40. The van der Waals surface area contributed by atoms with E-state index in [1.54, 1.807) is 6.07 Å². The Balaban J connectivity index is 2.10. The molecule has 0 atom stereocenters. The summed E-state index contributed by atoms with van der Waals surface area (Å²) in [4.78, 5) is 12.3. The van der Waals surface area contributed by atoms with Gasteiger partial charge >= 0.3 is 0 Å². The molecule has 0 saturated carbocycles. The highest BCUT2D eigenvalue weighted by molar-refractivity contribution is 7.92. The van der Waals surface area contributed by atoms with E-state index in [1.807, 2.05) is 24.3 Å². The Bertz CT molecular complexity index is 918. The zero-order valence-electron chi connectivity index (χ0n) is 14.5. The van der Waals surface area contributed by atoms with Gasteiger partial charge in [0.15, 0.2) is 0 Å². The predicted molar refractivity (Wildman–Crippen MR) is 98.2 cm³/mol. The number of amides is 1. The standard InChI is InChI=1S/C18H19N3O4S/c1-25-17-6-4-3-5-15(17)12-20-18(22)13-21(26(2,23)24)16-9-7-14(11-19)8-10-16/h3-10H,12-13H2,1-2H3,(H,20,22). The third-order valence-corrected chi connectivity index (χ3v) is 4.78. The molecule has 0 aromatic heterocycles. The first-order chi connectivity index (χ1) is 12.3. The van der Waals surface area contributed by atoms with Gasteiger partial charge in [0, 0.05) is 12.1 Å². The summed E-state index contributed by atoms with van der Waals surface area (Å²) in [6, 6.07) is 15.2. The maximum atomic E-state index is 12.3. The number of benzene rings is 2. The molecule has 2 rings (SSSR count). The molecule has 0 aliphatic heterocycles. The van der Waals surface area contributed by atoms with Crippen LogP contribution < -0.4 is 14.4 Å². The summed E-state index contributed by atoms with van der Waals surface area (Å²) in [5, 5.41) is 11.5. The van der Waals surface area contributed by atoms with E-state index in [4.69, 9.17) is 10.00 Å². The molecule has 1 N–H and O–H groups in total. The van der Waals surface area contributed by atoms with E-state index in [-0.39, 0.29) is 13.1 Å². The number of carbonyl (C=O) groups excluding carboxylic acids is 1. The summed E-state index contributed by atoms with van der Waals surface area (Å²) in [5.41, 5.74) is 1.51. The maximum absolute atomic E-state index is 12.3. The normalized spacial score (nSPS) is 10.7. The first-order valence-electron chi connectivity index (χ1n) is 7.71. The van der Waals surface area contributed by atoms with Gasteiger partial charge in [-0.25, -0.2) is 8.42 Å². The van der Waals surface area contributed by atoms with Crippen LogP contribution in [0.25, 0.3) is 0 Å². The molecule has 8 heteroatoms. The van der Waals surface area contributed by atoms with E-state index in [9.17, 15) is 13.2 Å². The zero-order chi connectivity index (χ0) is 19.2. The monoisotopic (exact) mass is 373 g/mol. The fourth-order valence-corrected chi connectivity index (χ4v) is 3.19. The lowest BCUT2D eigenvalue weighted by atomic mass is 10.2. The minimum absolute atomic E-state index is 0.216. The van der Waals surface area contributed by atoms with Crippen molar-refractivity contribution in [2.24, 2.45) is 0 Å². The number of rotatable bonds is 7. The van der Waals surface area contributed by atoms with E-state index in [1.165, 1.54) is 31.4 Å². The smallest absolute Gasteiger partial charge is 0.241 e. The number of ether oxygens (including phenoxy) is 1. The Morgan fingerprint density at radius 2 is 1.85 bits per heavy atom. The highest BCUT2D eigenvalue weighted by Gasteiger charge is 2.20. The Hall–Kier alpha value is -3.05. The van der Waals surface area contributed by atoms with Gasteiger partial charge in [0.05, 0.1) is 30.7 Å². The number of methoxy groups -OCH3 is 1. The van der Waals surface area contributed by atoms with Crippen molar-refractivity contribution in [2.75, 3.05) is 24.2 Å². The molecule has 0 bridgehead atoms. The van der Waals surface area contributed by atoms with Crippen molar-refractivity contribution in [3.8, 4) is 11.8 Å². The number of hydrogen-bond acceptors (Lipinski definition) is 5. The largest absolute Gasteiger partial charge is 0.496 e. The van der Waals surface area contributed by atoms with Crippen LogP contribution in [0.1, 0.15) is 11.1 Å². The molecule has 0 fully saturated rings. The molecule has 2 aromatic carbocycles. The number of nitrogens with one attached hydrogen (secondary N) is 1. The van der Waals surface area contributed by atoms with Crippen LogP contribution in [0.2, 0.25) is 0 Å². The molecule has 136 valence electrons. The zero-order valence-corrected chi connectivity index (χ0v) is 15.3. The van der Waals surface area contributed by atoms with Gasteiger partial charge in [-0.1, -0.05) is 18.2 Å². The van der Waals surface area contributed by atoms with Crippen molar-refractivity contribution in [3.63, 3.8) is 0 Å². The van der Waals surface area contributed by atoms with Crippen LogP contribution >= 0.6 is 0 Å². The third kappa shape index (κ3) is 4.97. The van der Waals surface area contributed by atoms with Crippen molar-refractivity contribution in [3.05, 3.63) is 59.7 Å². The van der Waals surface area contributed by atoms with E-state index in [0.717, 1.165) is 16.1 Å². The van der Waals surface area contributed by atoms with Gasteiger partial charge < -0.3 is 10.1 Å². The van der Waals surface area contributed by atoms with Crippen molar-refractivity contribution >= 4 is 21.6 Å². The molecule has 7 nitrogen and oxygen atoms in total. The number of para-hydroxylation sites is 1. The highest BCUT2D eigenvalue weighted by Crippen LogP contribution is 2.19. The predicted octanol–water partition coefficient (Wildman–Crippen LogP) is 1.65. The fourth-order valence-electron chi connectivity index (χ4n) is 2.33. The fraction of sp³-hybridized carbons (Fsp3) is 0.222. The summed E-state index contributed by atoms with van der Waals surface area (Å²) in [6.45, 7) is -0.145. The van der Waals surface area contributed by atoms with Gasteiger partial charge in [0.1, 0.15) is 12.3 Å². The van der Waals surface area contributed by atoms with Gasteiger partial charge in [0.25, 0.3) is 0 Å². The number of nitrogens with zero attached hydrogens (tertiary/aromatic N) is 2. The van der Waals surface area contributed by atoms with Crippen LogP contribution in [-0.4, -0.2) is 34.2 Å². The van der Waals surface area contributed by atoms with Gasteiger partial charge in [-0.15, -0.1) is 0 Å². The van der Waals surface area contributed by atoms with Crippen molar-refractivity contribution in [1.82, 2.24) is 5.32 Å². The molecule has 2 aromatic rings. The van der Waals surface area contributed by atoms with Crippen LogP contribution in [0.15, 0.2) is 48.5 Å². The summed E-state index contributed by atoms with van der Waals surface area (Å²) < 4.78 is 30.3. The van der Waals surface area contributed by atoms with E-state index in [2.05, 4.69) is 5.32 Å². The lowest BCUT2D eigenvalue weighted by molar-refractivity contribution is -0.119. The molecular formula is C18H19N3O4S. The van der Waals surface area contributed by atoms with Crippen molar-refractivity contribution in [1.29, 1.82) is 5.26 Å². The number of nitriles is 1. The number of anilines is 1. The molecule has 26 heavy (non-hydrogen) atoms. The number of sulfonamides is 1. The minimum Gasteiger partial charge on any atom is -0.496 e. The van der Waals surface area contributed by atoms with Crippen LogP contribution in [0, 0.1) is 11.3 Å². The average Bonchev–Trinajstić information content (AvgIpc) is 2.64. The molecule has 0 spiro atoms. The molecule has 0 saturated heterocycles. The minimum atomic E-state index is -3.66. The van der Waals surface area contributed by atoms with Crippen molar-refractivity contribution < 1.29 is 17.9 Å². The molecule has 0 unspecified atom stereocenters. The molecule has 0 heterocycles. The van der Waals surface area contributed by atoms with Crippen LogP contribution in [0.5, 0.6) is 5.75 Å². The Morgan fingerprint density at radius 3 is 2.42 bits per heavy atom. The Labute approximate surface area is 152 Å². The van der Waals surface area contributed by atoms with E-state index >= 15 is 0 Å². The van der Waals surface area contributed by atoms with Gasteiger partial charge in [0.2, 0.25) is 15.9 Å². The number of carbonyl (C=O) groups is 1. The first-order valence-corrected chi connectivity index (χ1v) is 9.56. The summed E-state index contributed by atoms with van der Waals surface area (Å²) in [6.07, 6.45) is 1.03. The quantitative estimate of drug-likeness (QED) is 0.795. The van der Waals surface area contributed by atoms with Crippen LogP contribution in [0.3, 0.4) is 0 Å². The topological polar surface area (TPSA) is 99.5 Å². The molecule has 0 aliphatic carbocycles. The molecule has 1 amide bonds. The first kappa shape index (κ1) is 19.3. The van der Waals surface area contributed by atoms with Crippen LogP contribution in [0.4, 0.5) is 5.69 Å². The molecule has 0 radical (unpaired) electrons. The maximum Gasteiger partial charge on any atom is 0.241 e. The molecular weight excluding hydrogens is 354 g/mol. The highest BCUT2D eigenvalue weighted by atomic mass is 32.2. The third-order valence-electron chi connectivity index (χ3n) is 3.64. The SMILES string of the molecule is COc1ccccc1CNC(=O)CN(c1ccc(C#N)cc1)S(C)(=O)=O. The van der Waals surface area contributed by atoms with Gasteiger partial charge in [-0.05, 0) is 30.3 Å². The van der Waals surface area contributed by atoms with Gasteiger partial charge in [-0.3, -0.25) is 9.10 Å². The summed E-state index contributed by atoms with van der Waals surface area (Å²) in [5.74, 6) is 0.186. The van der Waals surface area contributed by atoms with Gasteiger partial charge in [-0.2, -0.15) is 5.26 Å². The second kappa shape index (κ2) is 8.36. The summed E-state index contributed by atoms with van der Waals surface area (Å²) in [7, 11) is -2.12. The average molecular weight is 373 g/mol. The van der Waals surface area contributed by atoms with E-state index < -0.39 is 15.9 Å². The second-order valence-corrected chi connectivity index (χ2v) is 7.42. The Kier molecular flexibility index (Phi) is 6.20. The molecule has 0 aliphatic rings. The summed E-state index contributed by atoms with van der Waals surface area (Å²) >= 11 is 0.